The number of aromatic amines is 1. The molecule has 0 fully saturated rings. The molecule has 0 bridgehead atoms. The second kappa shape index (κ2) is 3.10. The van der Waals surface area contributed by atoms with Crippen LogP contribution < -0.4 is 5.73 Å². The van der Waals surface area contributed by atoms with Gasteiger partial charge in [0.2, 0.25) is 0 Å². The number of aromatic nitrogens is 3. The molecule has 0 saturated carbocycles. The number of nitrogens with two attached hydrogens (primary N) is 1. The molecule has 2 heterocycles. The Hall–Kier alpha value is -2.30. The van der Waals surface area contributed by atoms with Gasteiger partial charge in [0.05, 0.1) is 11.9 Å². The van der Waals surface area contributed by atoms with Crippen molar-refractivity contribution in [3.05, 3.63) is 30.3 Å². The minimum absolute atomic E-state index is 0.409. The molecule has 80 valence electrons. The van der Waals surface area contributed by atoms with Gasteiger partial charge >= 0.3 is 0 Å². The Labute approximate surface area is 91.3 Å². The molecule has 5 heteroatoms. The molecule has 5 nitrogen and oxygen atoms in total. The first-order chi connectivity index (χ1) is 7.72. The molecular formula is C11H10N4O. The van der Waals surface area contributed by atoms with Crippen molar-refractivity contribution in [1.29, 1.82) is 0 Å². The third-order valence-corrected chi connectivity index (χ3v) is 2.40. The maximum atomic E-state index is 5.53. The predicted octanol–water partition coefficient (Wildman–Crippen LogP) is 2.11. The average Bonchev–Trinajstić information content (AvgIpc) is 2.81. The van der Waals surface area contributed by atoms with E-state index in [1.54, 1.807) is 6.20 Å². The Bertz CT molecular complexity index is 653. The molecule has 2 aromatic heterocycles. The average molecular weight is 214 g/mol. The molecule has 0 amide bonds. The molecule has 0 saturated heterocycles. The number of anilines is 1. The number of aryl methyl sites for hydroxylation is 1. The van der Waals surface area contributed by atoms with Crippen LogP contribution in [0.25, 0.3) is 22.4 Å². The van der Waals surface area contributed by atoms with Crippen LogP contribution in [0, 0.1) is 6.92 Å². The Balaban J connectivity index is 2.17. The van der Waals surface area contributed by atoms with Gasteiger partial charge in [-0.3, -0.25) is 0 Å². The third kappa shape index (κ3) is 1.33. The van der Waals surface area contributed by atoms with Gasteiger partial charge < -0.3 is 15.1 Å². The van der Waals surface area contributed by atoms with E-state index in [0.717, 1.165) is 22.4 Å². The van der Waals surface area contributed by atoms with Gasteiger partial charge in [-0.05, 0) is 18.2 Å². The fraction of sp³-hybridized carbons (Fsp3) is 0.0909. The number of imidazole rings is 1. The van der Waals surface area contributed by atoms with Gasteiger partial charge in [-0.2, -0.15) is 0 Å². The number of nitrogens with zero attached hydrogens (tertiary/aromatic N) is 2. The lowest BCUT2D eigenvalue weighted by Gasteiger charge is -1.95. The first kappa shape index (κ1) is 8.96. The van der Waals surface area contributed by atoms with Gasteiger partial charge in [-0.1, -0.05) is 0 Å². The van der Waals surface area contributed by atoms with Crippen molar-refractivity contribution in [2.45, 2.75) is 6.92 Å². The van der Waals surface area contributed by atoms with Crippen LogP contribution in [0.1, 0.15) is 5.89 Å². The van der Waals surface area contributed by atoms with E-state index in [9.17, 15) is 0 Å². The van der Waals surface area contributed by atoms with Gasteiger partial charge in [0.25, 0.3) is 0 Å². The SMILES string of the molecule is Cc1nc2cc(-c3cnc(N)[nH]3)ccc2o1. The molecule has 3 aromatic rings. The van der Waals surface area contributed by atoms with Crippen molar-refractivity contribution in [2.75, 3.05) is 5.73 Å². The molecule has 0 aliphatic rings. The Morgan fingerprint density at radius 2 is 2.25 bits per heavy atom. The summed E-state index contributed by atoms with van der Waals surface area (Å²) in [5, 5.41) is 0. The third-order valence-electron chi connectivity index (χ3n) is 2.40. The van der Waals surface area contributed by atoms with E-state index >= 15 is 0 Å². The topological polar surface area (TPSA) is 80.7 Å². The highest BCUT2D eigenvalue weighted by Crippen LogP contribution is 2.23. The Morgan fingerprint density at radius 1 is 1.38 bits per heavy atom. The first-order valence-corrected chi connectivity index (χ1v) is 4.90. The summed E-state index contributed by atoms with van der Waals surface area (Å²) < 4.78 is 5.40. The van der Waals surface area contributed by atoms with Crippen molar-refractivity contribution < 1.29 is 4.42 Å². The maximum absolute atomic E-state index is 5.53. The largest absolute Gasteiger partial charge is 0.441 e. The Kier molecular flexibility index (Phi) is 1.73. The number of oxazole rings is 1. The second-order valence-electron chi connectivity index (χ2n) is 3.60. The highest BCUT2D eigenvalue weighted by atomic mass is 16.3. The highest BCUT2D eigenvalue weighted by Gasteiger charge is 2.06. The smallest absolute Gasteiger partial charge is 0.197 e. The van der Waals surface area contributed by atoms with E-state index in [1.165, 1.54) is 0 Å². The molecular weight excluding hydrogens is 204 g/mol. The van der Waals surface area contributed by atoms with Gasteiger partial charge in [0.1, 0.15) is 5.52 Å². The van der Waals surface area contributed by atoms with Gasteiger partial charge in [-0.25, -0.2) is 9.97 Å². The molecule has 0 aliphatic carbocycles. The highest BCUT2D eigenvalue weighted by molar-refractivity contribution is 5.79. The van der Waals surface area contributed by atoms with Crippen LogP contribution in [-0.2, 0) is 0 Å². The molecule has 1 aromatic carbocycles. The number of fused-ring (bicyclic) bond motifs is 1. The lowest BCUT2D eigenvalue weighted by molar-refractivity contribution is 0.561. The van der Waals surface area contributed by atoms with Crippen LogP contribution in [0.5, 0.6) is 0 Å². The van der Waals surface area contributed by atoms with Crippen molar-refractivity contribution in [3.63, 3.8) is 0 Å². The summed E-state index contributed by atoms with van der Waals surface area (Å²) in [6.45, 7) is 1.83. The summed E-state index contributed by atoms with van der Waals surface area (Å²) in [4.78, 5) is 11.2. The number of nitrogen functional groups attached to an aromatic ring is 1. The zero-order valence-electron chi connectivity index (χ0n) is 8.69. The van der Waals surface area contributed by atoms with E-state index in [4.69, 9.17) is 10.2 Å². The van der Waals surface area contributed by atoms with Crippen molar-refractivity contribution in [3.8, 4) is 11.3 Å². The van der Waals surface area contributed by atoms with Crippen molar-refractivity contribution >= 4 is 17.0 Å². The van der Waals surface area contributed by atoms with Crippen LogP contribution in [0.2, 0.25) is 0 Å². The summed E-state index contributed by atoms with van der Waals surface area (Å²) >= 11 is 0. The summed E-state index contributed by atoms with van der Waals surface area (Å²) in [5.41, 5.74) is 9.02. The number of rotatable bonds is 1. The molecule has 0 aliphatic heterocycles. The minimum atomic E-state index is 0.409. The monoisotopic (exact) mass is 214 g/mol. The van der Waals surface area contributed by atoms with E-state index in [0.29, 0.717) is 11.8 Å². The molecule has 16 heavy (non-hydrogen) atoms. The quantitative estimate of drug-likeness (QED) is 0.650. The van der Waals surface area contributed by atoms with E-state index in [1.807, 2.05) is 25.1 Å². The summed E-state index contributed by atoms with van der Waals surface area (Å²) in [7, 11) is 0. The van der Waals surface area contributed by atoms with Crippen LogP contribution in [0.3, 0.4) is 0 Å². The number of H-pyrrole nitrogens is 1. The molecule has 0 atom stereocenters. The first-order valence-electron chi connectivity index (χ1n) is 4.90. The molecule has 3 rings (SSSR count). The van der Waals surface area contributed by atoms with E-state index in [-0.39, 0.29) is 0 Å². The van der Waals surface area contributed by atoms with Gasteiger partial charge in [0, 0.05) is 12.5 Å². The fourth-order valence-electron chi connectivity index (χ4n) is 1.69. The molecule has 0 unspecified atom stereocenters. The number of benzene rings is 1. The van der Waals surface area contributed by atoms with Crippen LogP contribution >= 0.6 is 0 Å². The summed E-state index contributed by atoms with van der Waals surface area (Å²) in [5.74, 6) is 1.07. The lowest BCUT2D eigenvalue weighted by atomic mass is 10.1. The number of nitrogens with one attached hydrogen (secondary N) is 1. The fourth-order valence-corrected chi connectivity index (χ4v) is 1.69. The molecule has 3 N–H and O–H groups in total. The Morgan fingerprint density at radius 3 is 3.00 bits per heavy atom. The van der Waals surface area contributed by atoms with Gasteiger partial charge in [-0.15, -0.1) is 0 Å². The maximum Gasteiger partial charge on any atom is 0.197 e. The van der Waals surface area contributed by atoms with Crippen LogP contribution in [0.4, 0.5) is 5.95 Å². The standard InChI is InChI=1S/C11H10N4O/c1-6-14-8-4-7(2-3-10(8)16-6)9-5-13-11(12)15-9/h2-5H,1H3,(H3,12,13,15). The van der Waals surface area contributed by atoms with Crippen LogP contribution in [0.15, 0.2) is 28.8 Å². The lowest BCUT2D eigenvalue weighted by Crippen LogP contribution is -1.85. The summed E-state index contributed by atoms with van der Waals surface area (Å²) in [6.07, 6.45) is 1.70. The van der Waals surface area contributed by atoms with Crippen molar-refractivity contribution in [1.82, 2.24) is 15.0 Å². The normalized spacial score (nSPS) is 11.1. The zero-order valence-corrected chi connectivity index (χ0v) is 8.69. The molecule has 0 radical (unpaired) electrons. The predicted molar refractivity (Wildman–Crippen MR) is 60.7 cm³/mol. The van der Waals surface area contributed by atoms with Gasteiger partial charge in [0.15, 0.2) is 17.4 Å². The van der Waals surface area contributed by atoms with Crippen LogP contribution in [-0.4, -0.2) is 15.0 Å². The van der Waals surface area contributed by atoms with E-state index in [2.05, 4.69) is 15.0 Å². The van der Waals surface area contributed by atoms with E-state index < -0.39 is 0 Å². The molecule has 0 spiro atoms. The minimum Gasteiger partial charge on any atom is -0.441 e. The van der Waals surface area contributed by atoms with Crippen molar-refractivity contribution in [2.24, 2.45) is 0 Å². The second-order valence-corrected chi connectivity index (χ2v) is 3.60. The number of hydrogen-bond donors (Lipinski definition) is 2. The summed E-state index contributed by atoms with van der Waals surface area (Å²) in [6, 6.07) is 5.78. The number of hydrogen-bond acceptors (Lipinski definition) is 4. The zero-order chi connectivity index (χ0) is 11.1.